The van der Waals surface area contributed by atoms with E-state index in [1.165, 1.54) is 20.2 Å². The molecule has 10 aromatic rings. The maximum atomic E-state index is 5.47. The first-order chi connectivity index (χ1) is 24.8. The zero-order valence-corrected chi connectivity index (χ0v) is 27.8. The summed E-state index contributed by atoms with van der Waals surface area (Å²) in [5, 5.41) is 7.16. The SMILES string of the molecule is c1ccc(-c2nc3ccc4ccc5ccc(N(c6ccccc6)c6ccc7c(c6)sc6ccccc67)cc5c4c3nc2-c2ccccc2)cc1. The summed E-state index contributed by atoms with van der Waals surface area (Å²) in [5.74, 6) is 0. The quantitative estimate of drug-likeness (QED) is 0.173. The highest BCUT2D eigenvalue weighted by Gasteiger charge is 2.19. The molecule has 0 radical (unpaired) electrons. The van der Waals surface area contributed by atoms with Crippen LogP contribution in [0.1, 0.15) is 0 Å². The highest BCUT2D eigenvalue weighted by atomic mass is 32.1. The van der Waals surface area contributed by atoms with Crippen molar-refractivity contribution >= 4 is 81.1 Å². The van der Waals surface area contributed by atoms with Gasteiger partial charge in [-0.2, -0.15) is 0 Å². The molecule has 0 amide bonds. The van der Waals surface area contributed by atoms with Crippen molar-refractivity contribution in [3.8, 4) is 22.5 Å². The third-order valence-corrected chi connectivity index (χ3v) is 10.7. The number of aromatic nitrogens is 2. The largest absolute Gasteiger partial charge is 0.310 e. The summed E-state index contributed by atoms with van der Waals surface area (Å²) in [6, 6.07) is 62.5. The zero-order valence-electron chi connectivity index (χ0n) is 27.0. The first kappa shape index (κ1) is 28.6. The van der Waals surface area contributed by atoms with E-state index in [0.717, 1.165) is 72.2 Å². The molecular weight excluding hydrogens is 627 g/mol. The maximum Gasteiger partial charge on any atom is 0.0979 e. The molecule has 2 aromatic heterocycles. The van der Waals surface area contributed by atoms with E-state index >= 15 is 0 Å². The Labute approximate surface area is 293 Å². The van der Waals surface area contributed by atoms with Gasteiger partial charge in [-0.15, -0.1) is 11.3 Å². The fourth-order valence-electron chi connectivity index (χ4n) is 7.26. The Morgan fingerprint density at radius 2 is 0.980 bits per heavy atom. The second-order valence-corrected chi connectivity index (χ2v) is 13.7. The molecule has 4 heteroatoms. The van der Waals surface area contributed by atoms with Crippen LogP contribution in [0.15, 0.2) is 176 Å². The van der Waals surface area contributed by atoms with Gasteiger partial charge in [-0.1, -0.05) is 127 Å². The molecular formula is C46H29N3S. The van der Waals surface area contributed by atoms with Crippen molar-refractivity contribution in [2.75, 3.05) is 4.90 Å². The van der Waals surface area contributed by atoms with E-state index in [0.29, 0.717) is 0 Å². The predicted molar refractivity (Wildman–Crippen MR) is 213 cm³/mol. The molecule has 10 rings (SSSR count). The lowest BCUT2D eigenvalue weighted by atomic mass is 9.98. The molecule has 0 spiro atoms. The first-order valence-electron chi connectivity index (χ1n) is 16.8. The van der Waals surface area contributed by atoms with Crippen LogP contribution in [0.4, 0.5) is 17.1 Å². The molecule has 3 nitrogen and oxygen atoms in total. The molecule has 0 fully saturated rings. The summed E-state index contributed by atoms with van der Waals surface area (Å²) < 4.78 is 2.58. The lowest BCUT2D eigenvalue weighted by Gasteiger charge is -2.26. The van der Waals surface area contributed by atoms with Crippen molar-refractivity contribution in [1.82, 2.24) is 9.97 Å². The van der Waals surface area contributed by atoms with Crippen LogP contribution in [0.2, 0.25) is 0 Å². The summed E-state index contributed by atoms with van der Waals surface area (Å²) in [7, 11) is 0. The number of rotatable bonds is 5. The average molecular weight is 656 g/mol. The average Bonchev–Trinajstić information content (AvgIpc) is 3.56. The Hall–Kier alpha value is -6.36. The Kier molecular flexibility index (Phi) is 6.68. The van der Waals surface area contributed by atoms with Crippen LogP contribution >= 0.6 is 11.3 Å². The summed E-state index contributed by atoms with van der Waals surface area (Å²) in [6.07, 6.45) is 0. The second-order valence-electron chi connectivity index (χ2n) is 12.6. The molecule has 0 aliphatic rings. The minimum absolute atomic E-state index is 0.879. The molecule has 0 aliphatic heterocycles. The number of para-hydroxylation sites is 1. The van der Waals surface area contributed by atoms with Gasteiger partial charge in [0.25, 0.3) is 0 Å². The number of fused-ring (bicyclic) bond motifs is 8. The molecule has 0 atom stereocenters. The van der Waals surface area contributed by atoms with Gasteiger partial charge in [0.1, 0.15) is 0 Å². The van der Waals surface area contributed by atoms with Crippen molar-refractivity contribution in [1.29, 1.82) is 0 Å². The van der Waals surface area contributed by atoms with Crippen LogP contribution < -0.4 is 4.90 Å². The summed E-state index contributed by atoms with van der Waals surface area (Å²) in [4.78, 5) is 13.1. The van der Waals surface area contributed by atoms with Crippen LogP contribution in [-0.4, -0.2) is 9.97 Å². The van der Waals surface area contributed by atoms with Crippen molar-refractivity contribution in [3.63, 3.8) is 0 Å². The fourth-order valence-corrected chi connectivity index (χ4v) is 8.40. The Morgan fingerprint density at radius 1 is 0.400 bits per heavy atom. The molecule has 234 valence electrons. The van der Waals surface area contributed by atoms with Gasteiger partial charge in [-0.25, -0.2) is 9.97 Å². The Morgan fingerprint density at radius 3 is 1.76 bits per heavy atom. The van der Waals surface area contributed by atoms with Crippen molar-refractivity contribution in [3.05, 3.63) is 176 Å². The van der Waals surface area contributed by atoms with E-state index in [9.17, 15) is 0 Å². The predicted octanol–water partition coefficient (Wildman–Crippen LogP) is 13.1. The van der Waals surface area contributed by atoms with Gasteiger partial charge in [-0.3, -0.25) is 0 Å². The second kappa shape index (κ2) is 11.7. The number of benzene rings is 8. The molecule has 0 saturated carbocycles. The highest BCUT2D eigenvalue weighted by Crippen LogP contribution is 2.43. The van der Waals surface area contributed by atoms with Gasteiger partial charge >= 0.3 is 0 Å². The van der Waals surface area contributed by atoms with Crippen LogP contribution in [-0.2, 0) is 0 Å². The van der Waals surface area contributed by atoms with Crippen LogP contribution in [0.5, 0.6) is 0 Å². The monoisotopic (exact) mass is 655 g/mol. The van der Waals surface area contributed by atoms with Gasteiger partial charge in [0.2, 0.25) is 0 Å². The van der Waals surface area contributed by atoms with Crippen LogP contribution in [0, 0.1) is 0 Å². The molecule has 0 N–H and O–H groups in total. The number of hydrogen-bond donors (Lipinski definition) is 0. The minimum atomic E-state index is 0.879. The van der Waals surface area contributed by atoms with Crippen molar-refractivity contribution in [2.24, 2.45) is 0 Å². The third-order valence-electron chi connectivity index (χ3n) is 9.61. The van der Waals surface area contributed by atoms with E-state index in [1.807, 2.05) is 23.5 Å². The fraction of sp³-hybridized carbons (Fsp3) is 0. The maximum absolute atomic E-state index is 5.47. The van der Waals surface area contributed by atoms with E-state index in [-0.39, 0.29) is 0 Å². The molecule has 0 saturated heterocycles. The number of anilines is 3. The van der Waals surface area contributed by atoms with E-state index < -0.39 is 0 Å². The molecule has 8 aromatic carbocycles. The summed E-state index contributed by atoms with van der Waals surface area (Å²) >= 11 is 1.85. The Balaban J connectivity index is 1.23. The number of hydrogen-bond acceptors (Lipinski definition) is 4. The Bertz CT molecular complexity index is 2860. The number of nitrogens with zero attached hydrogens (tertiary/aromatic N) is 3. The lowest BCUT2D eigenvalue weighted by Crippen LogP contribution is -2.09. The van der Waals surface area contributed by atoms with Gasteiger partial charge < -0.3 is 4.90 Å². The van der Waals surface area contributed by atoms with E-state index in [1.54, 1.807) is 0 Å². The standard InChI is InChI=1S/C46H29N3S/c1-4-12-32(13-5-1)44-45(33-14-6-2-7-15-33)48-46-40(47-44)27-23-31-21-20-30-22-24-35(28-39(30)43(31)46)49(34-16-8-3-9-17-34)36-25-26-38-37-18-10-11-19-41(37)50-42(38)29-36/h1-29H. The zero-order chi connectivity index (χ0) is 33.0. The number of thiophene rings is 1. The normalized spacial score (nSPS) is 11.6. The van der Waals surface area contributed by atoms with Crippen LogP contribution in [0.25, 0.3) is 75.3 Å². The van der Waals surface area contributed by atoms with Crippen LogP contribution in [0.3, 0.4) is 0 Å². The lowest BCUT2D eigenvalue weighted by molar-refractivity contribution is 1.29. The van der Waals surface area contributed by atoms with Gasteiger partial charge in [0.15, 0.2) is 0 Å². The van der Waals surface area contributed by atoms with Crippen molar-refractivity contribution < 1.29 is 0 Å². The van der Waals surface area contributed by atoms with Gasteiger partial charge in [0, 0.05) is 53.7 Å². The molecule has 0 bridgehead atoms. The van der Waals surface area contributed by atoms with E-state index in [4.69, 9.17) is 9.97 Å². The summed E-state index contributed by atoms with van der Waals surface area (Å²) in [6.45, 7) is 0. The smallest absolute Gasteiger partial charge is 0.0979 e. The van der Waals surface area contributed by atoms with Crippen molar-refractivity contribution in [2.45, 2.75) is 0 Å². The molecule has 50 heavy (non-hydrogen) atoms. The molecule has 2 heterocycles. The molecule has 0 unspecified atom stereocenters. The summed E-state index contributed by atoms with van der Waals surface area (Å²) in [5.41, 5.74) is 8.97. The minimum Gasteiger partial charge on any atom is -0.310 e. The van der Waals surface area contributed by atoms with Gasteiger partial charge in [0.05, 0.1) is 22.4 Å². The first-order valence-corrected chi connectivity index (χ1v) is 17.6. The third kappa shape index (κ3) is 4.73. The van der Waals surface area contributed by atoms with Gasteiger partial charge in [-0.05, 0) is 64.7 Å². The molecule has 0 aliphatic carbocycles. The topological polar surface area (TPSA) is 29.0 Å². The highest BCUT2D eigenvalue weighted by molar-refractivity contribution is 7.25. The van der Waals surface area contributed by atoms with E-state index in [2.05, 4.69) is 169 Å².